The third kappa shape index (κ3) is 5.17. The molecule has 2 amide bonds. The number of carbonyl (C=O) groups excluding carboxylic acids is 2. The number of hydrogen-bond donors (Lipinski definition) is 1. The molecule has 2 aliphatic heterocycles. The minimum atomic E-state index is -3.52. The van der Waals surface area contributed by atoms with E-state index in [1.165, 1.54) is 27.0 Å². The zero-order valence-corrected chi connectivity index (χ0v) is 19.4. The van der Waals surface area contributed by atoms with Gasteiger partial charge in [0.25, 0.3) is 15.9 Å². The summed E-state index contributed by atoms with van der Waals surface area (Å²) in [4.78, 5) is 28.5. The summed E-state index contributed by atoms with van der Waals surface area (Å²) in [5, 5.41) is 4.79. The van der Waals surface area contributed by atoms with Gasteiger partial charge in [-0.2, -0.15) is 4.31 Å². The minimum absolute atomic E-state index is 0.0243. The predicted octanol–water partition coefficient (Wildman–Crippen LogP) is 2.00. The van der Waals surface area contributed by atoms with E-state index in [-0.39, 0.29) is 28.5 Å². The minimum Gasteiger partial charge on any atom is -0.379 e. The molecule has 2 aliphatic rings. The van der Waals surface area contributed by atoms with Crippen LogP contribution in [0.2, 0.25) is 0 Å². The summed E-state index contributed by atoms with van der Waals surface area (Å²) in [5.41, 5.74) is 0. The molecule has 168 valence electrons. The molecule has 4 heterocycles. The molecule has 0 bridgehead atoms. The van der Waals surface area contributed by atoms with E-state index in [9.17, 15) is 18.0 Å². The van der Waals surface area contributed by atoms with E-state index in [0.717, 1.165) is 17.7 Å². The molecule has 31 heavy (non-hydrogen) atoms. The Bertz CT molecular complexity index is 1010. The van der Waals surface area contributed by atoms with Crippen molar-refractivity contribution in [2.75, 3.05) is 39.4 Å². The summed E-state index contributed by atoms with van der Waals surface area (Å²) in [6.07, 6.45) is 1.53. The number of rotatable bonds is 6. The molecule has 0 saturated carbocycles. The molecule has 0 spiro atoms. The summed E-state index contributed by atoms with van der Waals surface area (Å²) in [6, 6.07) is 6.99. The van der Waals surface area contributed by atoms with Crippen LogP contribution in [0.5, 0.6) is 0 Å². The van der Waals surface area contributed by atoms with Crippen molar-refractivity contribution in [2.45, 2.75) is 23.6 Å². The van der Waals surface area contributed by atoms with Gasteiger partial charge in [0, 0.05) is 31.1 Å². The van der Waals surface area contributed by atoms with Gasteiger partial charge in [-0.15, -0.1) is 22.7 Å². The lowest BCUT2D eigenvalue weighted by atomic mass is 9.97. The molecule has 1 N–H and O–H groups in total. The highest BCUT2D eigenvalue weighted by atomic mass is 32.2. The number of morpholine rings is 1. The maximum atomic E-state index is 12.7. The van der Waals surface area contributed by atoms with Crippen LogP contribution < -0.4 is 5.32 Å². The number of nitrogens with zero attached hydrogens (tertiary/aromatic N) is 2. The van der Waals surface area contributed by atoms with Gasteiger partial charge >= 0.3 is 0 Å². The van der Waals surface area contributed by atoms with Gasteiger partial charge in [-0.25, -0.2) is 8.42 Å². The SMILES string of the molecule is O=C(NCc1ccc(S(=O)(=O)N2CCOCC2)s1)C1CCCN(C(=O)c2cccs2)C1. The highest BCUT2D eigenvalue weighted by Gasteiger charge is 2.30. The van der Waals surface area contributed by atoms with E-state index >= 15 is 0 Å². The Morgan fingerprint density at radius 1 is 1.16 bits per heavy atom. The van der Waals surface area contributed by atoms with Gasteiger partial charge in [0.05, 0.1) is 30.6 Å². The lowest BCUT2D eigenvalue weighted by molar-refractivity contribution is -0.126. The first-order valence-corrected chi connectivity index (χ1v) is 13.4. The Labute approximate surface area is 189 Å². The molecule has 0 aromatic carbocycles. The number of thiophene rings is 2. The molecule has 1 unspecified atom stereocenters. The maximum Gasteiger partial charge on any atom is 0.263 e. The molecule has 11 heteroatoms. The lowest BCUT2D eigenvalue weighted by Gasteiger charge is -2.31. The van der Waals surface area contributed by atoms with Crippen molar-refractivity contribution in [2.24, 2.45) is 5.92 Å². The fraction of sp³-hybridized carbons (Fsp3) is 0.500. The van der Waals surface area contributed by atoms with Crippen LogP contribution in [0.1, 0.15) is 27.4 Å². The Hall–Kier alpha value is -1.79. The van der Waals surface area contributed by atoms with Crippen LogP contribution in [-0.2, 0) is 26.1 Å². The molecule has 2 aromatic heterocycles. The monoisotopic (exact) mass is 483 g/mol. The molecule has 2 aromatic rings. The van der Waals surface area contributed by atoms with Crippen molar-refractivity contribution in [1.29, 1.82) is 0 Å². The predicted molar refractivity (Wildman–Crippen MR) is 119 cm³/mol. The van der Waals surface area contributed by atoms with E-state index in [0.29, 0.717) is 44.3 Å². The van der Waals surface area contributed by atoms with Gasteiger partial charge < -0.3 is 15.0 Å². The first kappa shape index (κ1) is 22.4. The van der Waals surface area contributed by atoms with Gasteiger partial charge in [-0.3, -0.25) is 9.59 Å². The standard InChI is InChI=1S/C20H25N3O5S3/c24-19(15-3-1-7-22(14-15)20(25)17-4-2-12-29-17)21-13-16-5-6-18(30-16)31(26,27)23-8-10-28-11-9-23/h2,4-6,12,15H,1,3,7-11,13-14H2,(H,21,24). The van der Waals surface area contributed by atoms with E-state index in [2.05, 4.69) is 5.32 Å². The second-order valence-corrected chi connectivity index (χ2v) is 11.8. The average Bonchev–Trinajstić information content (AvgIpc) is 3.50. The van der Waals surface area contributed by atoms with Crippen LogP contribution in [0.3, 0.4) is 0 Å². The van der Waals surface area contributed by atoms with E-state index in [4.69, 9.17) is 4.74 Å². The fourth-order valence-electron chi connectivity index (χ4n) is 3.76. The van der Waals surface area contributed by atoms with Crippen molar-refractivity contribution in [1.82, 2.24) is 14.5 Å². The van der Waals surface area contributed by atoms with Crippen molar-refractivity contribution in [3.8, 4) is 0 Å². The molecule has 8 nitrogen and oxygen atoms in total. The Morgan fingerprint density at radius 3 is 2.71 bits per heavy atom. The van der Waals surface area contributed by atoms with Gasteiger partial charge in [-0.1, -0.05) is 6.07 Å². The Morgan fingerprint density at radius 2 is 1.97 bits per heavy atom. The van der Waals surface area contributed by atoms with E-state index in [1.807, 2.05) is 11.4 Å². The second kappa shape index (κ2) is 9.78. The fourth-order valence-corrected chi connectivity index (χ4v) is 7.30. The van der Waals surface area contributed by atoms with Crippen molar-refractivity contribution < 1.29 is 22.7 Å². The van der Waals surface area contributed by atoms with Crippen molar-refractivity contribution in [3.05, 3.63) is 39.4 Å². The summed E-state index contributed by atoms with van der Waals surface area (Å²) < 4.78 is 32.4. The molecule has 0 aliphatic carbocycles. The number of ether oxygens (including phenoxy) is 1. The zero-order valence-electron chi connectivity index (χ0n) is 17.0. The summed E-state index contributed by atoms with van der Waals surface area (Å²) in [7, 11) is -3.52. The number of carbonyl (C=O) groups is 2. The van der Waals surface area contributed by atoms with Crippen LogP contribution in [0.25, 0.3) is 0 Å². The molecule has 2 saturated heterocycles. The molecular formula is C20H25N3O5S3. The topological polar surface area (TPSA) is 96.0 Å². The first-order chi connectivity index (χ1) is 14.9. The number of sulfonamides is 1. The largest absolute Gasteiger partial charge is 0.379 e. The molecule has 4 rings (SSSR count). The zero-order chi connectivity index (χ0) is 21.8. The average molecular weight is 484 g/mol. The van der Waals surface area contributed by atoms with E-state index < -0.39 is 10.0 Å². The summed E-state index contributed by atoms with van der Waals surface area (Å²) in [6.45, 7) is 2.86. The number of amides is 2. The van der Waals surface area contributed by atoms with Crippen molar-refractivity contribution >= 4 is 44.5 Å². The number of likely N-dealkylation sites (tertiary alicyclic amines) is 1. The third-order valence-corrected chi connectivity index (χ3v) is 9.76. The van der Waals surface area contributed by atoms with Gasteiger partial charge in [0.2, 0.25) is 5.91 Å². The van der Waals surface area contributed by atoms with Gasteiger partial charge in [0.15, 0.2) is 0 Å². The number of nitrogens with one attached hydrogen (secondary N) is 1. The normalized spacial score (nSPS) is 20.5. The quantitative estimate of drug-likeness (QED) is 0.678. The highest BCUT2D eigenvalue weighted by Crippen LogP contribution is 2.26. The first-order valence-electron chi connectivity index (χ1n) is 10.2. The number of hydrogen-bond acceptors (Lipinski definition) is 7. The summed E-state index contributed by atoms with van der Waals surface area (Å²) >= 11 is 2.58. The lowest BCUT2D eigenvalue weighted by Crippen LogP contribution is -2.45. The van der Waals surface area contributed by atoms with E-state index in [1.54, 1.807) is 23.1 Å². The maximum absolute atomic E-state index is 12.7. The van der Waals surface area contributed by atoms with Crippen LogP contribution in [0.4, 0.5) is 0 Å². The Kier molecular flexibility index (Phi) is 7.07. The van der Waals surface area contributed by atoms with Crippen LogP contribution >= 0.6 is 22.7 Å². The van der Waals surface area contributed by atoms with Crippen LogP contribution in [-0.4, -0.2) is 68.8 Å². The second-order valence-electron chi connectivity index (χ2n) is 7.52. The number of piperidine rings is 1. The Balaban J connectivity index is 1.32. The summed E-state index contributed by atoms with van der Waals surface area (Å²) in [5.74, 6) is -0.382. The van der Waals surface area contributed by atoms with Crippen molar-refractivity contribution in [3.63, 3.8) is 0 Å². The molecule has 2 fully saturated rings. The third-order valence-electron chi connectivity index (χ3n) is 5.45. The molecule has 0 radical (unpaired) electrons. The molecule has 1 atom stereocenters. The highest BCUT2D eigenvalue weighted by molar-refractivity contribution is 7.91. The van der Waals surface area contributed by atoms with Crippen LogP contribution in [0, 0.1) is 5.92 Å². The van der Waals surface area contributed by atoms with Gasteiger partial charge in [-0.05, 0) is 36.4 Å². The molecular weight excluding hydrogens is 458 g/mol. The van der Waals surface area contributed by atoms with Crippen LogP contribution in [0.15, 0.2) is 33.9 Å². The van der Waals surface area contributed by atoms with Gasteiger partial charge in [0.1, 0.15) is 4.21 Å². The smallest absolute Gasteiger partial charge is 0.263 e.